The fraction of sp³-hybridized carbons (Fsp3) is 0.375. The summed E-state index contributed by atoms with van der Waals surface area (Å²) in [5.74, 6) is 0.350. The molecule has 0 amide bonds. The van der Waals surface area contributed by atoms with Gasteiger partial charge >= 0.3 is 0 Å². The van der Waals surface area contributed by atoms with E-state index in [0.29, 0.717) is 12.3 Å². The summed E-state index contributed by atoms with van der Waals surface area (Å²) in [6, 6.07) is 14.4. The number of hydrogen-bond acceptors (Lipinski definition) is 3. The molecule has 0 aliphatic rings. The van der Waals surface area contributed by atoms with E-state index in [9.17, 15) is 5.11 Å². The second-order valence-electron chi connectivity index (χ2n) is 9.30. The van der Waals surface area contributed by atoms with Crippen molar-refractivity contribution in [1.29, 1.82) is 0 Å². The molecule has 0 radical (unpaired) electrons. The largest absolute Gasteiger partial charge is 0.507 e. The molecule has 0 unspecified atom stereocenters. The van der Waals surface area contributed by atoms with Gasteiger partial charge in [-0.05, 0) is 61.6 Å². The van der Waals surface area contributed by atoms with Crippen molar-refractivity contribution in [2.45, 2.75) is 59.0 Å². The summed E-state index contributed by atoms with van der Waals surface area (Å²) < 4.78 is 0. The topological polar surface area (TPSA) is 45.2 Å². The number of aromatic hydroxyl groups is 1. The molecule has 0 spiro atoms. The molecule has 3 aromatic rings. The van der Waals surface area contributed by atoms with Crippen molar-refractivity contribution >= 4 is 35.7 Å². The van der Waals surface area contributed by atoms with Gasteiger partial charge in [0, 0.05) is 34.8 Å². The summed E-state index contributed by atoms with van der Waals surface area (Å²) in [6.45, 7) is 13.6. The van der Waals surface area contributed by atoms with Gasteiger partial charge in [-0.2, -0.15) is 0 Å². The van der Waals surface area contributed by atoms with Gasteiger partial charge in [0.15, 0.2) is 0 Å². The van der Waals surface area contributed by atoms with Gasteiger partial charge in [-0.15, -0.1) is 24.8 Å². The van der Waals surface area contributed by atoms with E-state index in [4.69, 9.17) is 0 Å². The Kier molecular flexibility index (Phi) is 8.12. The van der Waals surface area contributed by atoms with Gasteiger partial charge in [-0.25, -0.2) is 0 Å². The van der Waals surface area contributed by atoms with Gasteiger partial charge < -0.3 is 10.4 Å². The average molecular weight is 435 g/mol. The standard InChI is InChI=1S/C24H30N2O.2ClH/c1-23(2,3)19-13-18(15-26-24(4,5)6)22(27)20(14-19)16-9-10-21-17(12-16)8-7-11-25-21;;/h7-14,26-27H,15H2,1-6H3;2*1H. The predicted octanol–water partition coefficient (Wildman–Crippen LogP) is 6.64. The Morgan fingerprint density at radius 1 is 0.931 bits per heavy atom. The molecule has 1 aromatic heterocycles. The summed E-state index contributed by atoms with van der Waals surface area (Å²) in [5.41, 5.74) is 4.97. The Hall–Kier alpha value is -1.81. The molecule has 158 valence electrons. The molecule has 0 bridgehead atoms. The molecule has 3 nitrogen and oxygen atoms in total. The molecule has 0 fully saturated rings. The Morgan fingerprint density at radius 2 is 1.62 bits per heavy atom. The van der Waals surface area contributed by atoms with Gasteiger partial charge in [0.2, 0.25) is 0 Å². The molecule has 2 N–H and O–H groups in total. The maximum atomic E-state index is 11.0. The van der Waals surface area contributed by atoms with Gasteiger partial charge in [-0.3, -0.25) is 4.98 Å². The smallest absolute Gasteiger partial charge is 0.127 e. The van der Waals surface area contributed by atoms with E-state index in [1.54, 1.807) is 6.20 Å². The molecule has 3 rings (SSSR count). The first kappa shape index (κ1) is 25.2. The van der Waals surface area contributed by atoms with E-state index in [1.807, 2.05) is 18.2 Å². The van der Waals surface area contributed by atoms with Crippen molar-refractivity contribution < 1.29 is 5.11 Å². The van der Waals surface area contributed by atoms with Crippen LogP contribution in [0.25, 0.3) is 22.0 Å². The minimum atomic E-state index is -0.0149. The van der Waals surface area contributed by atoms with Crippen LogP contribution in [0.15, 0.2) is 48.7 Å². The average Bonchev–Trinajstić information content (AvgIpc) is 2.58. The molecule has 1 heterocycles. The van der Waals surface area contributed by atoms with E-state index in [-0.39, 0.29) is 35.8 Å². The quantitative estimate of drug-likeness (QED) is 0.485. The van der Waals surface area contributed by atoms with Gasteiger partial charge in [0.25, 0.3) is 0 Å². The zero-order chi connectivity index (χ0) is 19.8. The minimum Gasteiger partial charge on any atom is -0.507 e. The Labute approximate surface area is 186 Å². The van der Waals surface area contributed by atoms with Crippen molar-refractivity contribution in [3.05, 3.63) is 59.8 Å². The van der Waals surface area contributed by atoms with Crippen LogP contribution in [-0.4, -0.2) is 15.6 Å². The lowest BCUT2D eigenvalue weighted by atomic mass is 9.83. The molecule has 0 aliphatic heterocycles. The number of nitrogens with one attached hydrogen (secondary N) is 1. The zero-order valence-corrected chi connectivity index (χ0v) is 19.7. The Morgan fingerprint density at radius 3 is 2.24 bits per heavy atom. The molecule has 0 aliphatic carbocycles. The van der Waals surface area contributed by atoms with Crippen LogP contribution in [-0.2, 0) is 12.0 Å². The van der Waals surface area contributed by atoms with Gasteiger partial charge in [-0.1, -0.05) is 39.0 Å². The molecule has 2 aromatic carbocycles. The molecule has 5 heteroatoms. The lowest BCUT2D eigenvalue weighted by molar-refractivity contribution is 0.411. The number of rotatable bonds is 3. The van der Waals surface area contributed by atoms with E-state index in [2.05, 4.69) is 76.1 Å². The number of halogens is 2. The third-order valence-electron chi connectivity index (χ3n) is 4.78. The SMILES string of the molecule is CC(C)(C)NCc1cc(C(C)(C)C)cc(-c2ccc3ncccc3c2)c1O.Cl.Cl. The predicted molar refractivity (Wildman–Crippen MR) is 129 cm³/mol. The summed E-state index contributed by atoms with van der Waals surface area (Å²) in [6.07, 6.45) is 1.80. The van der Waals surface area contributed by atoms with E-state index < -0.39 is 0 Å². The van der Waals surface area contributed by atoms with Gasteiger partial charge in [0.05, 0.1) is 5.52 Å². The van der Waals surface area contributed by atoms with Gasteiger partial charge in [0.1, 0.15) is 5.75 Å². The summed E-state index contributed by atoms with van der Waals surface area (Å²) in [5, 5.41) is 15.6. The molecule has 0 saturated carbocycles. The van der Waals surface area contributed by atoms with Crippen molar-refractivity contribution in [3.63, 3.8) is 0 Å². The van der Waals surface area contributed by atoms with Crippen molar-refractivity contribution in [2.75, 3.05) is 0 Å². The first-order valence-corrected chi connectivity index (χ1v) is 9.51. The van der Waals surface area contributed by atoms with Crippen LogP contribution >= 0.6 is 24.8 Å². The fourth-order valence-corrected chi connectivity index (χ4v) is 3.09. The highest BCUT2D eigenvalue weighted by Gasteiger charge is 2.20. The molecular weight excluding hydrogens is 403 g/mol. The van der Waals surface area contributed by atoms with Crippen LogP contribution in [0, 0.1) is 0 Å². The first-order valence-electron chi connectivity index (χ1n) is 9.51. The van der Waals surface area contributed by atoms with E-state index in [1.165, 1.54) is 5.56 Å². The highest BCUT2D eigenvalue weighted by Crippen LogP contribution is 2.38. The Balaban J connectivity index is 0.00000210. The normalized spacial score (nSPS) is 11.7. The third-order valence-corrected chi connectivity index (χ3v) is 4.78. The Bertz CT molecular complexity index is 973. The number of fused-ring (bicyclic) bond motifs is 1. The number of benzene rings is 2. The maximum absolute atomic E-state index is 11.0. The zero-order valence-electron chi connectivity index (χ0n) is 18.0. The number of hydrogen-bond donors (Lipinski definition) is 2. The fourth-order valence-electron chi connectivity index (χ4n) is 3.09. The van der Waals surface area contributed by atoms with E-state index in [0.717, 1.165) is 27.6 Å². The van der Waals surface area contributed by atoms with Crippen LogP contribution in [0.1, 0.15) is 52.7 Å². The molecule has 0 atom stereocenters. The van der Waals surface area contributed by atoms with Crippen LogP contribution in [0.4, 0.5) is 0 Å². The number of aromatic nitrogens is 1. The second kappa shape index (κ2) is 9.34. The maximum Gasteiger partial charge on any atom is 0.127 e. The lowest BCUT2D eigenvalue weighted by Gasteiger charge is -2.25. The highest BCUT2D eigenvalue weighted by molar-refractivity contribution is 5.86. The molecular formula is C24H32Cl2N2O. The van der Waals surface area contributed by atoms with Crippen molar-refractivity contribution in [1.82, 2.24) is 10.3 Å². The highest BCUT2D eigenvalue weighted by atomic mass is 35.5. The van der Waals surface area contributed by atoms with Crippen LogP contribution in [0.3, 0.4) is 0 Å². The van der Waals surface area contributed by atoms with Crippen molar-refractivity contribution in [3.8, 4) is 16.9 Å². The lowest BCUT2D eigenvalue weighted by Crippen LogP contribution is -2.35. The van der Waals surface area contributed by atoms with Crippen LogP contribution < -0.4 is 5.32 Å². The first-order chi connectivity index (χ1) is 12.5. The summed E-state index contributed by atoms with van der Waals surface area (Å²) >= 11 is 0. The number of phenolic OH excluding ortho intramolecular Hbond substituents is 1. The van der Waals surface area contributed by atoms with Crippen molar-refractivity contribution in [2.24, 2.45) is 0 Å². The van der Waals surface area contributed by atoms with Crippen LogP contribution in [0.2, 0.25) is 0 Å². The molecule has 0 saturated heterocycles. The summed E-state index contributed by atoms with van der Waals surface area (Å²) in [4.78, 5) is 4.40. The number of pyridine rings is 1. The molecule has 29 heavy (non-hydrogen) atoms. The monoisotopic (exact) mass is 434 g/mol. The number of nitrogens with zero attached hydrogens (tertiary/aromatic N) is 1. The third kappa shape index (κ3) is 6.08. The number of phenols is 1. The second-order valence-corrected chi connectivity index (χ2v) is 9.30. The van der Waals surface area contributed by atoms with E-state index >= 15 is 0 Å². The summed E-state index contributed by atoms with van der Waals surface area (Å²) in [7, 11) is 0. The minimum absolute atomic E-state index is 0. The van der Waals surface area contributed by atoms with Crippen LogP contribution in [0.5, 0.6) is 5.75 Å².